The number of hydrogen-bond donors (Lipinski definition) is 2. The van der Waals surface area contributed by atoms with Gasteiger partial charge in [0.15, 0.2) is 11.4 Å². The molecular formula is C16H24N2O12P2. The molecule has 0 aliphatic carbocycles. The highest BCUT2D eigenvalue weighted by atomic mass is 31.2. The van der Waals surface area contributed by atoms with Crippen molar-refractivity contribution >= 4 is 38.1 Å². The monoisotopic (exact) mass is 498 g/mol. The summed E-state index contributed by atoms with van der Waals surface area (Å²) in [5.74, 6) is -2.54. The third kappa shape index (κ3) is 7.37. The van der Waals surface area contributed by atoms with Gasteiger partial charge >= 0.3 is 27.1 Å². The maximum Gasteiger partial charge on any atom is 0.399 e. The largest absolute Gasteiger partial charge is 0.476 e. The van der Waals surface area contributed by atoms with Gasteiger partial charge in [0.05, 0.1) is 26.4 Å². The Labute approximate surface area is 182 Å². The maximum absolute atomic E-state index is 12.1. The number of aromatic nitrogens is 2. The molecule has 0 amide bonds. The van der Waals surface area contributed by atoms with Gasteiger partial charge in [-0.2, -0.15) is 0 Å². The minimum atomic E-state index is -3.58. The summed E-state index contributed by atoms with van der Waals surface area (Å²) < 4.78 is 53.3. The van der Waals surface area contributed by atoms with E-state index in [1.807, 2.05) is 0 Å². The number of hydrogen-bond acceptors (Lipinski definition) is 12. The maximum atomic E-state index is 12.1. The van der Waals surface area contributed by atoms with Gasteiger partial charge in [-0.3, -0.25) is 9.13 Å². The molecule has 2 N–H and O–H groups in total. The van der Waals surface area contributed by atoms with E-state index in [4.69, 9.17) is 28.3 Å². The van der Waals surface area contributed by atoms with E-state index in [1.54, 1.807) is 27.7 Å². The second-order valence-electron chi connectivity index (χ2n) is 5.38. The van der Waals surface area contributed by atoms with Crippen LogP contribution in [-0.4, -0.2) is 58.9 Å². The molecule has 0 atom stereocenters. The van der Waals surface area contributed by atoms with E-state index in [1.165, 1.54) is 0 Å². The Morgan fingerprint density at radius 2 is 1.03 bits per heavy atom. The zero-order chi connectivity index (χ0) is 24.4. The Kier molecular flexibility index (Phi) is 10.9. The van der Waals surface area contributed by atoms with E-state index in [-0.39, 0.29) is 48.8 Å². The van der Waals surface area contributed by atoms with Crippen LogP contribution in [0, 0.1) is 0 Å². The highest BCUT2D eigenvalue weighted by Gasteiger charge is 2.34. The first-order chi connectivity index (χ1) is 15.1. The molecule has 2 rings (SSSR count). The molecule has 0 spiro atoms. The Morgan fingerprint density at radius 3 is 1.22 bits per heavy atom. The Balaban J connectivity index is 0.000000320. The Hall–Kier alpha value is -2.34. The molecule has 0 aromatic carbocycles. The smallest absolute Gasteiger partial charge is 0.399 e. The lowest BCUT2D eigenvalue weighted by atomic mass is 10.5. The van der Waals surface area contributed by atoms with Gasteiger partial charge in [-0.25, -0.2) is 9.59 Å². The Morgan fingerprint density at radius 1 is 0.750 bits per heavy atom. The van der Waals surface area contributed by atoms with Gasteiger partial charge in [-0.15, -0.1) is 0 Å². The predicted molar refractivity (Wildman–Crippen MR) is 108 cm³/mol. The van der Waals surface area contributed by atoms with Gasteiger partial charge in [-0.1, -0.05) is 10.3 Å². The molecule has 2 aromatic heterocycles. The number of nitrogens with zero attached hydrogens (tertiary/aromatic N) is 2. The average Bonchev–Trinajstić information content (AvgIpc) is 3.40. The van der Waals surface area contributed by atoms with Crippen LogP contribution in [0.25, 0.3) is 0 Å². The molecule has 0 saturated carbocycles. The second kappa shape index (κ2) is 12.6. The topological polar surface area (TPSA) is 198 Å². The molecule has 0 saturated heterocycles. The first kappa shape index (κ1) is 27.7. The third-order valence-electron chi connectivity index (χ3n) is 3.17. The highest BCUT2D eigenvalue weighted by Crippen LogP contribution is 2.47. The number of rotatable bonds is 12. The third-order valence-corrected chi connectivity index (χ3v) is 7.06. The first-order valence-electron chi connectivity index (χ1n) is 9.26. The van der Waals surface area contributed by atoms with E-state index in [0.29, 0.717) is 0 Å². The summed E-state index contributed by atoms with van der Waals surface area (Å²) in [4.78, 5) is 21.1. The molecule has 0 bridgehead atoms. The van der Waals surface area contributed by atoms with Gasteiger partial charge < -0.3 is 37.4 Å². The second-order valence-corrected chi connectivity index (χ2v) is 9.28. The molecule has 0 aliphatic rings. The van der Waals surface area contributed by atoms with Crippen LogP contribution in [0.1, 0.15) is 48.7 Å². The molecule has 14 nitrogen and oxygen atoms in total. The lowest BCUT2D eigenvalue weighted by molar-refractivity contribution is 0.0675. The van der Waals surface area contributed by atoms with Crippen LogP contribution >= 0.6 is 15.2 Å². The van der Waals surface area contributed by atoms with Crippen LogP contribution in [0.4, 0.5) is 0 Å². The van der Waals surface area contributed by atoms with Crippen LogP contribution in [0.2, 0.25) is 0 Å². The lowest BCUT2D eigenvalue weighted by Crippen LogP contribution is -2.08. The lowest BCUT2D eigenvalue weighted by Gasteiger charge is -2.12. The van der Waals surface area contributed by atoms with E-state index in [2.05, 4.69) is 19.4 Å². The number of carboxylic acids is 2. The fourth-order valence-corrected chi connectivity index (χ4v) is 4.86. The zero-order valence-electron chi connectivity index (χ0n) is 17.7. The predicted octanol–water partition coefficient (Wildman–Crippen LogP) is 2.53. The summed E-state index contributed by atoms with van der Waals surface area (Å²) >= 11 is 0. The van der Waals surface area contributed by atoms with Crippen molar-refractivity contribution < 1.29 is 56.1 Å². The van der Waals surface area contributed by atoms with Crippen molar-refractivity contribution in [1.29, 1.82) is 0 Å². The molecule has 16 heteroatoms. The molecule has 2 heterocycles. The summed E-state index contributed by atoms with van der Waals surface area (Å²) in [6.07, 6.45) is 0. The number of carbonyl (C=O) groups is 2. The van der Waals surface area contributed by atoms with Crippen molar-refractivity contribution in [3.8, 4) is 0 Å². The van der Waals surface area contributed by atoms with E-state index < -0.39 is 27.1 Å². The van der Waals surface area contributed by atoms with Crippen LogP contribution in [-0.2, 0) is 27.2 Å². The van der Waals surface area contributed by atoms with Gasteiger partial charge in [-0.05, 0) is 27.7 Å². The van der Waals surface area contributed by atoms with Crippen LogP contribution in [0.3, 0.4) is 0 Å². The van der Waals surface area contributed by atoms with Crippen LogP contribution in [0.5, 0.6) is 0 Å². The summed E-state index contributed by atoms with van der Waals surface area (Å²) in [5, 5.41) is 23.7. The molecule has 0 fully saturated rings. The molecule has 0 unspecified atom stereocenters. The zero-order valence-corrected chi connectivity index (χ0v) is 19.5. The minimum absolute atomic E-state index is 0.153. The molecule has 2 aromatic rings. The summed E-state index contributed by atoms with van der Waals surface area (Å²) in [6.45, 7) is 7.17. The molecule has 0 aliphatic heterocycles. The summed E-state index contributed by atoms with van der Waals surface area (Å²) in [5.41, 5.74) is -1.08. The number of aromatic carboxylic acids is 2. The average molecular weight is 498 g/mol. The van der Waals surface area contributed by atoms with E-state index >= 15 is 0 Å². The first-order valence-corrected chi connectivity index (χ1v) is 12.3. The molecule has 0 radical (unpaired) electrons. The summed E-state index contributed by atoms with van der Waals surface area (Å²) in [7, 11) is -7.17. The molecular weight excluding hydrogens is 474 g/mol. The fourth-order valence-electron chi connectivity index (χ4n) is 2.00. The fraction of sp³-hybridized carbons (Fsp3) is 0.500. The van der Waals surface area contributed by atoms with Crippen LogP contribution < -0.4 is 11.0 Å². The quantitative estimate of drug-likeness (QED) is 0.405. The van der Waals surface area contributed by atoms with Crippen molar-refractivity contribution in [2.45, 2.75) is 27.7 Å². The normalized spacial score (nSPS) is 11.6. The molecule has 180 valence electrons. The number of carboxylic acid groups (broad SMARTS) is 2. The van der Waals surface area contributed by atoms with Crippen molar-refractivity contribution in [2.75, 3.05) is 26.4 Å². The minimum Gasteiger partial charge on any atom is -0.476 e. The van der Waals surface area contributed by atoms with Crippen molar-refractivity contribution in [3.63, 3.8) is 0 Å². The van der Waals surface area contributed by atoms with Crippen molar-refractivity contribution in [3.05, 3.63) is 23.5 Å². The molecule has 32 heavy (non-hydrogen) atoms. The van der Waals surface area contributed by atoms with Gasteiger partial charge in [0, 0.05) is 12.1 Å². The Bertz CT molecular complexity index is 887. The van der Waals surface area contributed by atoms with Crippen molar-refractivity contribution in [2.24, 2.45) is 0 Å². The van der Waals surface area contributed by atoms with Gasteiger partial charge in [0.2, 0.25) is 11.0 Å². The SMILES string of the molecule is CCOP(=O)(OCC)c1cc(C(=O)O)no1.CCOP(=O)(OCC)c1cc(C(=O)O)no1. The summed E-state index contributed by atoms with van der Waals surface area (Å²) in [6, 6.07) is 2.07. The van der Waals surface area contributed by atoms with Gasteiger partial charge in [0.25, 0.3) is 0 Å². The highest BCUT2D eigenvalue weighted by molar-refractivity contribution is 7.62. The standard InChI is InChI=1S/2C8H12NO6P/c2*1-3-13-16(12,14-4-2)7-5-6(8(10)11)9-15-7/h2*5H,3-4H2,1-2H3,(H,10,11). The van der Waals surface area contributed by atoms with Crippen molar-refractivity contribution in [1.82, 2.24) is 10.3 Å². The van der Waals surface area contributed by atoms with E-state index in [0.717, 1.165) is 12.1 Å². The van der Waals surface area contributed by atoms with Crippen LogP contribution in [0.15, 0.2) is 21.2 Å². The van der Waals surface area contributed by atoms with E-state index in [9.17, 15) is 18.7 Å². The van der Waals surface area contributed by atoms with Gasteiger partial charge in [0.1, 0.15) is 0 Å².